The Morgan fingerprint density at radius 1 is 1.10 bits per heavy atom. The second-order valence-electron chi connectivity index (χ2n) is 11.4. The van der Waals surface area contributed by atoms with Crippen LogP contribution in [0.3, 0.4) is 0 Å². The molecule has 2 N–H and O–H groups in total. The number of rotatable bonds is 9. The zero-order valence-electron chi connectivity index (χ0n) is 23.5. The van der Waals surface area contributed by atoms with Gasteiger partial charge in [-0.2, -0.15) is 0 Å². The standard InChI is InChI=1S/C31H37F2N3O5/c1-3-30(4-2)19-35(16-20-5-8-23(9-6-20)41-18-26(32)33)14-13-31(30,40)22-7-10-24-21(15-22)17-36(29(24)39)25-11-12-27(37)34-28(25)38/h5-10,15,25-26,40H,3-4,11-14,16-19H2,1-2H3,(H,34,37,38). The number of carbonyl (C=O) groups excluding carboxylic acids is 3. The highest BCUT2D eigenvalue weighted by Crippen LogP contribution is 2.51. The molecule has 0 aliphatic carbocycles. The van der Waals surface area contributed by atoms with Gasteiger partial charge in [0.05, 0.1) is 5.60 Å². The molecule has 3 amide bonds. The second-order valence-corrected chi connectivity index (χ2v) is 11.4. The molecular weight excluding hydrogens is 532 g/mol. The minimum absolute atomic E-state index is 0.199. The quantitative estimate of drug-likeness (QED) is 0.443. The molecule has 8 nitrogen and oxygen atoms in total. The van der Waals surface area contributed by atoms with Gasteiger partial charge in [-0.15, -0.1) is 0 Å². The maximum Gasteiger partial charge on any atom is 0.272 e. The number of aliphatic hydroxyl groups is 1. The van der Waals surface area contributed by atoms with E-state index in [-0.39, 0.29) is 24.8 Å². The van der Waals surface area contributed by atoms with Gasteiger partial charge in [0, 0.05) is 43.6 Å². The molecule has 3 heterocycles. The van der Waals surface area contributed by atoms with Crippen molar-refractivity contribution in [2.45, 2.75) is 77.1 Å². The monoisotopic (exact) mass is 569 g/mol. The molecule has 0 spiro atoms. The maximum atomic E-state index is 13.2. The molecular formula is C31H37F2N3O5. The summed E-state index contributed by atoms with van der Waals surface area (Å²) in [6, 6.07) is 12.0. The van der Waals surface area contributed by atoms with E-state index in [2.05, 4.69) is 24.1 Å². The van der Waals surface area contributed by atoms with Crippen LogP contribution in [0.1, 0.15) is 73.0 Å². The lowest BCUT2D eigenvalue weighted by Crippen LogP contribution is -2.57. The molecule has 2 aromatic rings. The van der Waals surface area contributed by atoms with Crippen LogP contribution in [0.15, 0.2) is 42.5 Å². The van der Waals surface area contributed by atoms with Crippen LogP contribution in [0.4, 0.5) is 8.78 Å². The van der Waals surface area contributed by atoms with Gasteiger partial charge in [-0.3, -0.25) is 24.6 Å². The van der Waals surface area contributed by atoms with Crippen LogP contribution in [0.5, 0.6) is 5.75 Å². The number of nitrogens with one attached hydrogen (secondary N) is 1. The number of benzene rings is 2. The van der Waals surface area contributed by atoms with Gasteiger partial charge < -0.3 is 14.7 Å². The molecule has 5 rings (SSSR count). The molecule has 0 saturated carbocycles. The second kappa shape index (κ2) is 11.5. The Morgan fingerprint density at radius 3 is 2.49 bits per heavy atom. The molecule has 2 atom stereocenters. The summed E-state index contributed by atoms with van der Waals surface area (Å²) < 4.78 is 30.0. The van der Waals surface area contributed by atoms with Crippen molar-refractivity contribution in [3.63, 3.8) is 0 Å². The number of likely N-dealkylation sites (tertiary alicyclic amines) is 1. The lowest BCUT2D eigenvalue weighted by Gasteiger charge is -2.54. The SMILES string of the molecule is CCC1(CC)CN(Cc2ccc(OCC(F)F)cc2)CCC1(O)c1ccc2c(c1)CN(C1CCC(=O)NC1=O)C2=O. The van der Waals surface area contributed by atoms with E-state index in [1.54, 1.807) is 18.2 Å². The summed E-state index contributed by atoms with van der Waals surface area (Å²) in [5, 5.41) is 14.7. The highest BCUT2D eigenvalue weighted by Gasteiger charge is 2.53. The van der Waals surface area contributed by atoms with E-state index >= 15 is 0 Å². The van der Waals surface area contributed by atoms with E-state index in [4.69, 9.17) is 4.74 Å². The molecule has 0 aromatic heterocycles. The topological polar surface area (TPSA) is 99.2 Å². The van der Waals surface area contributed by atoms with E-state index in [0.717, 1.165) is 29.5 Å². The Bertz CT molecular complexity index is 1310. The number of amides is 3. The van der Waals surface area contributed by atoms with Crippen LogP contribution in [0.2, 0.25) is 0 Å². The molecule has 10 heteroatoms. The van der Waals surface area contributed by atoms with Gasteiger partial charge in [-0.05, 0) is 60.6 Å². The molecule has 3 aliphatic heterocycles. The zero-order valence-corrected chi connectivity index (χ0v) is 23.5. The van der Waals surface area contributed by atoms with E-state index in [9.17, 15) is 28.3 Å². The largest absolute Gasteiger partial charge is 0.488 e. The van der Waals surface area contributed by atoms with E-state index < -0.39 is 36.0 Å². The zero-order chi connectivity index (χ0) is 29.4. The first kappa shape index (κ1) is 29.1. The smallest absolute Gasteiger partial charge is 0.272 e. The number of halogens is 2. The van der Waals surface area contributed by atoms with Gasteiger partial charge in [-0.1, -0.05) is 38.1 Å². The van der Waals surface area contributed by atoms with Crippen LogP contribution in [-0.4, -0.2) is 64.8 Å². The summed E-state index contributed by atoms with van der Waals surface area (Å²) in [5.41, 5.74) is 1.57. The third kappa shape index (κ3) is 5.47. The Kier molecular flexibility index (Phi) is 8.16. The minimum atomic E-state index is -2.52. The number of piperidine rings is 2. The average Bonchev–Trinajstić information content (AvgIpc) is 3.29. The predicted molar refractivity (Wildman–Crippen MR) is 147 cm³/mol. The lowest BCUT2D eigenvalue weighted by atomic mass is 9.61. The number of hydrogen-bond acceptors (Lipinski definition) is 6. The molecule has 2 fully saturated rings. The summed E-state index contributed by atoms with van der Waals surface area (Å²) in [6.45, 7) is 5.79. The van der Waals surface area contributed by atoms with Gasteiger partial charge in [0.15, 0.2) is 0 Å². The summed E-state index contributed by atoms with van der Waals surface area (Å²) in [6.07, 6.45) is -0.0200. The Morgan fingerprint density at radius 2 is 1.83 bits per heavy atom. The van der Waals surface area contributed by atoms with Gasteiger partial charge in [-0.25, -0.2) is 8.78 Å². The number of fused-ring (bicyclic) bond motifs is 1. The fraction of sp³-hybridized carbons (Fsp3) is 0.516. The third-order valence-electron chi connectivity index (χ3n) is 9.25. The maximum absolute atomic E-state index is 13.2. The highest BCUT2D eigenvalue weighted by molar-refractivity contribution is 6.05. The lowest BCUT2D eigenvalue weighted by molar-refractivity contribution is -0.148. The molecule has 2 saturated heterocycles. The molecule has 41 heavy (non-hydrogen) atoms. The molecule has 2 aromatic carbocycles. The third-order valence-corrected chi connectivity index (χ3v) is 9.25. The Labute approximate surface area is 238 Å². The minimum Gasteiger partial charge on any atom is -0.488 e. The van der Waals surface area contributed by atoms with E-state index in [1.165, 1.54) is 4.90 Å². The fourth-order valence-electron chi connectivity index (χ4n) is 6.81. The first-order valence-corrected chi connectivity index (χ1v) is 14.3. The van der Waals surface area contributed by atoms with Gasteiger partial charge in [0.1, 0.15) is 18.4 Å². The van der Waals surface area contributed by atoms with Gasteiger partial charge in [0.2, 0.25) is 11.8 Å². The highest BCUT2D eigenvalue weighted by atomic mass is 19.3. The normalized spacial score (nSPS) is 24.5. The van der Waals surface area contributed by atoms with E-state index in [0.29, 0.717) is 43.8 Å². The molecule has 0 radical (unpaired) electrons. The van der Waals surface area contributed by atoms with Crippen molar-refractivity contribution in [2.24, 2.45) is 5.41 Å². The van der Waals surface area contributed by atoms with Gasteiger partial charge in [0.25, 0.3) is 12.3 Å². The van der Waals surface area contributed by atoms with Crippen LogP contribution >= 0.6 is 0 Å². The average molecular weight is 570 g/mol. The Hall–Kier alpha value is -3.37. The van der Waals surface area contributed by atoms with Crippen LogP contribution in [0, 0.1) is 5.41 Å². The van der Waals surface area contributed by atoms with Crippen molar-refractivity contribution in [1.82, 2.24) is 15.1 Å². The summed E-state index contributed by atoms with van der Waals surface area (Å²) >= 11 is 0. The van der Waals surface area contributed by atoms with Crippen LogP contribution in [0.25, 0.3) is 0 Å². The van der Waals surface area contributed by atoms with Crippen molar-refractivity contribution in [3.8, 4) is 5.75 Å². The first-order chi connectivity index (χ1) is 19.6. The molecule has 220 valence electrons. The number of nitrogens with zero attached hydrogens (tertiary/aromatic N) is 2. The first-order valence-electron chi connectivity index (χ1n) is 14.3. The van der Waals surface area contributed by atoms with Crippen molar-refractivity contribution in [3.05, 3.63) is 64.7 Å². The van der Waals surface area contributed by atoms with Crippen molar-refractivity contribution < 1.29 is 33.0 Å². The fourth-order valence-corrected chi connectivity index (χ4v) is 6.81. The predicted octanol–water partition coefficient (Wildman–Crippen LogP) is 3.99. The number of alkyl halides is 2. The van der Waals surface area contributed by atoms with Crippen LogP contribution < -0.4 is 10.1 Å². The van der Waals surface area contributed by atoms with Crippen molar-refractivity contribution in [1.29, 1.82) is 0 Å². The van der Waals surface area contributed by atoms with Crippen molar-refractivity contribution >= 4 is 17.7 Å². The van der Waals surface area contributed by atoms with Crippen LogP contribution in [-0.2, 0) is 28.3 Å². The number of ether oxygens (including phenoxy) is 1. The molecule has 0 bridgehead atoms. The van der Waals surface area contributed by atoms with Gasteiger partial charge >= 0.3 is 0 Å². The van der Waals surface area contributed by atoms with Crippen molar-refractivity contribution in [2.75, 3.05) is 19.7 Å². The number of imide groups is 1. The Balaban J connectivity index is 1.32. The molecule has 3 aliphatic rings. The summed E-state index contributed by atoms with van der Waals surface area (Å²) in [5.74, 6) is -0.590. The summed E-state index contributed by atoms with van der Waals surface area (Å²) in [7, 11) is 0. The number of carbonyl (C=O) groups is 3. The van der Waals surface area contributed by atoms with E-state index in [1.807, 2.05) is 24.3 Å². The summed E-state index contributed by atoms with van der Waals surface area (Å²) in [4.78, 5) is 41.1. The molecule has 2 unspecified atom stereocenters. The number of hydrogen-bond donors (Lipinski definition) is 2.